The van der Waals surface area contributed by atoms with E-state index in [4.69, 9.17) is 4.74 Å². The summed E-state index contributed by atoms with van der Waals surface area (Å²) in [5.41, 5.74) is 2.04. The Bertz CT molecular complexity index is 885. The van der Waals surface area contributed by atoms with Crippen LogP contribution in [0.15, 0.2) is 30.6 Å². The van der Waals surface area contributed by atoms with E-state index in [1.165, 1.54) is 6.07 Å². The van der Waals surface area contributed by atoms with E-state index >= 15 is 0 Å². The van der Waals surface area contributed by atoms with Crippen molar-refractivity contribution in [3.63, 3.8) is 0 Å². The molecule has 0 saturated heterocycles. The monoisotopic (exact) mass is 312 g/mol. The van der Waals surface area contributed by atoms with E-state index in [-0.39, 0.29) is 11.5 Å². The number of fused-ring (bicyclic) bond motifs is 1. The molecule has 1 aliphatic rings. The highest BCUT2D eigenvalue weighted by atomic mass is 19.1. The van der Waals surface area contributed by atoms with Gasteiger partial charge in [-0.1, -0.05) is 0 Å². The van der Waals surface area contributed by atoms with Gasteiger partial charge in [-0.25, -0.2) is 9.37 Å². The first-order valence-corrected chi connectivity index (χ1v) is 7.70. The Balaban J connectivity index is 1.68. The fourth-order valence-electron chi connectivity index (χ4n) is 2.84. The lowest BCUT2D eigenvalue weighted by atomic mass is 9.82. The summed E-state index contributed by atoms with van der Waals surface area (Å²) in [4.78, 5) is 4.17. The van der Waals surface area contributed by atoms with Crippen molar-refractivity contribution in [3.8, 4) is 17.0 Å². The van der Waals surface area contributed by atoms with Gasteiger partial charge in [0.05, 0.1) is 0 Å². The summed E-state index contributed by atoms with van der Waals surface area (Å²) in [6, 6.07) is 5.20. The predicted octanol–water partition coefficient (Wildman–Crippen LogP) is 3.56. The Morgan fingerprint density at radius 2 is 2.04 bits per heavy atom. The molecule has 0 aliphatic heterocycles. The minimum absolute atomic E-state index is 0.0810. The second-order valence-corrected chi connectivity index (χ2v) is 6.31. The normalized spacial score (nSPS) is 16.3. The number of pyridine rings is 2. The molecule has 0 aromatic carbocycles. The Morgan fingerprint density at radius 3 is 2.74 bits per heavy atom. The van der Waals surface area contributed by atoms with Crippen LogP contribution >= 0.6 is 0 Å². The molecule has 0 atom stereocenters. The molecule has 3 aromatic heterocycles. The highest BCUT2D eigenvalue weighted by Crippen LogP contribution is 2.36. The van der Waals surface area contributed by atoms with Crippen molar-refractivity contribution in [2.45, 2.75) is 38.7 Å². The van der Waals surface area contributed by atoms with Gasteiger partial charge < -0.3 is 4.74 Å². The zero-order valence-electron chi connectivity index (χ0n) is 13.1. The third-order valence-corrected chi connectivity index (χ3v) is 4.47. The van der Waals surface area contributed by atoms with Gasteiger partial charge >= 0.3 is 0 Å². The number of nitrogens with zero attached hydrogens (tertiary/aromatic N) is 4. The van der Waals surface area contributed by atoms with Crippen molar-refractivity contribution >= 4 is 5.65 Å². The van der Waals surface area contributed by atoms with Crippen LogP contribution in [0.3, 0.4) is 0 Å². The fraction of sp³-hybridized carbons (Fsp3) is 0.353. The number of rotatable bonds is 3. The second-order valence-electron chi connectivity index (χ2n) is 6.31. The summed E-state index contributed by atoms with van der Waals surface area (Å²) in [5.74, 6) is 0.432. The van der Waals surface area contributed by atoms with Crippen molar-refractivity contribution in [1.82, 2.24) is 19.6 Å². The quantitative estimate of drug-likeness (QED) is 0.742. The molecule has 1 fully saturated rings. The number of hydrogen-bond donors (Lipinski definition) is 0. The Kier molecular flexibility index (Phi) is 3.07. The van der Waals surface area contributed by atoms with Crippen LogP contribution < -0.4 is 4.74 Å². The van der Waals surface area contributed by atoms with Gasteiger partial charge in [-0.3, -0.25) is 4.40 Å². The first-order valence-electron chi connectivity index (χ1n) is 7.70. The second kappa shape index (κ2) is 5.01. The van der Waals surface area contributed by atoms with Gasteiger partial charge in [-0.2, -0.15) is 0 Å². The van der Waals surface area contributed by atoms with Crippen molar-refractivity contribution in [3.05, 3.63) is 42.2 Å². The van der Waals surface area contributed by atoms with Crippen molar-refractivity contribution < 1.29 is 9.13 Å². The molecule has 3 heterocycles. The summed E-state index contributed by atoms with van der Waals surface area (Å²) in [6.45, 7) is 3.87. The van der Waals surface area contributed by atoms with Crippen LogP contribution in [0.25, 0.3) is 16.8 Å². The molecule has 23 heavy (non-hydrogen) atoms. The van der Waals surface area contributed by atoms with Gasteiger partial charge in [0.25, 0.3) is 5.88 Å². The molecule has 0 amide bonds. The molecule has 0 unspecified atom stereocenters. The summed E-state index contributed by atoms with van der Waals surface area (Å²) >= 11 is 0. The van der Waals surface area contributed by atoms with Gasteiger partial charge in [0.1, 0.15) is 11.4 Å². The van der Waals surface area contributed by atoms with Crippen LogP contribution in [-0.2, 0) is 0 Å². The highest BCUT2D eigenvalue weighted by Gasteiger charge is 2.35. The number of halogens is 1. The first kappa shape index (κ1) is 14.1. The maximum absolute atomic E-state index is 14.3. The van der Waals surface area contributed by atoms with E-state index in [0.717, 1.165) is 36.3 Å². The molecule has 1 saturated carbocycles. The number of hydrogen-bond acceptors (Lipinski definition) is 4. The number of ether oxygens (including phenoxy) is 1. The smallest absolute Gasteiger partial charge is 0.250 e. The van der Waals surface area contributed by atoms with Crippen LogP contribution in [0.5, 0.6) is 5.88 Å². The summed E-state index contributed by atoms with van der Waals surface area (Å²) in [7, 11) is 0. The molecule has 6 heteroatoms. The molecule has 0 radical (unpaired) electrons. The van der Waals surface area contributed by atoms with Crippen LogP contribution in [0.1, 0.15) is 32.0 Å². The van der Waals surface area contributed by atoms with E-state index < -0.39 is 5.82 Å². The topological polar surface area (TPSA) is 52.3 Å². The number of aryl methyl sites for hydroxylation is 1. The molecule has 0 spiro atoms. The van der Waals surface area contributed by atoms with E-state index in [1.807, 2.05) is 36.6 Å². The Labute approximate surface area is 133 Å². The van der Waals surface area contributed by atoms with Gasteiger partial charge in [0, 0.05) is 23.5 Å². The SMILES string of the molecule is Cc1nnc2ccc(-c3cnc(OC4(C)CCC4)c(F)c3)cn12. The van der Waals surface area contributed by atoms with E-state index in [0.29, 0.717) is 5.56 Å². The molecular formula is C17H17FN4O. The zero-order valence-corrected chi connectivity index (χ0v) is 13.1. The number of aromatic nitrogens is 4. The van der Waals surface area contributed by atoms with Crippen LogP contribution in [0.4, 0.5) is 4.39 Å². The maximum Gasteiger partial charge on any atom is 0.250 e. The molecule has 1 aliphatic carbocycles. The average Bonchev–Trinajstić information content (AvgIpc) is 2.88. The molecule has 118 valence electrons. The van der Waals surface area contributed by atoms with Crippen molar-refractivity contribution in [1.29, 1.82) is 0 Å². The maximum atomic E-state index is 14.3. The van der Waals surface area contributed by atoms with Crippen molar-refractivity contribution in [2.24, 2.45) is 0 Å². The standard InChI is InChI=1S/C17H17FN4O/c1-11-20-21-15-5-4-12(10-22(11)15)13-8-14(18)16(19-9-13)23-17(2)6-3-7-17/h4-5,8-10H,3,6-7H2,1-2H3. The molecule has 5 nitrogen and oxygen atoms in total. The van der Waals surface area contributed by atoms with E-state index in [2.05, 4.69) is 15.2 Å². The first-order chi connectivity index (χ1) is 11.0. The van der Waals surface area contributed by atoms with Crippen LogP contribution in [0, 0.1) is 12.7 Å². The fourth-order valence-corrected chi connectivity index (χ4v) is 2.84. The van der Waals surface area contributed by atoms with Gasteiger partial charge in [-0.05, 0) is 51.3 Å². The zero-order chi connectivity index (χ0) is 16.0. The molecule has 0 N–H and O–H groups in total. The van der Waals surface area contributed by atoms with Crippen LogP contribution in [0.2, 0.25) is 0 Å². The summed E-state index contributed by atoms with van der Waals surface area (Å²) in [6.07, 6.45) is 6.53. The van der Waals surface area contributed by atoms with E-state index in [9.17, 15) is 4.39 Å². The highest BCUT2D eigenvalue weighted by molar-refractivity contribution is 5.64. The average molecular weight is 312 g/mol. The lowest BCUT2D eigenvalue weighted by molar-refractivity contribution is 0.00366. The van der Waals surface area contributed by atoms with E-state index in [1.54, 1.807) is 6.20 Å². The molecule has 0 bridgehead atoms. The third kappa shape index (κ3) is 2.44. The minimum Gasteiger partial charge on any atom is -0.469 e. The van der Waals surface area contributed by atoms with Gasteiger partial charge in [-0.15, -0.1) is 10.2 Å². The lowest BCUT2D eigenvalue weighted by Gasteiger charge is -2.38. The predicted molar refractivity (Wildman–Crippen MR) is 83.8 cm³/mol. The Hall–Kier alpha value is -2.50. The van der Waals surface area contributed by atoms with Crippen LogP contribution in [-0.4, -0.2) is 25.2 Å². The van der Waals surface area contributed by atoms with Gasteiger partial charge in [0.2, 0.25) is 0 Å². The molecule has 4 rings (SSSR count). The summed E-state index contributed by atoms with van der Waals surface area (Å²) < 4.78 is 21.9. The minimum atomic E-state index is -0.434. The third-order valence-electron chi connectivity index (χ3n) is 4.47. The Morgan fingerprint density at radius 1 is 1.22 bits per heavy atom. The van der Waals surface area contributed by atoms with Gasteiger partial charge in [0.15, 0.2) is 11.5 Å². The molecule has 3 aromatic rings. The lowest BCUT2D eigenvalue weighted by Crippen LogP contribution is -2.40. The largest absolute Gasteiger partial charge is 0.469 e. The van der Waals surface area contributed by atoms with Crippen molar-refractivity contribution in [2.75, 3.05) is 0 Å². The summed E-state index contributed by atoms with van der Waals surface area (Å²) in [5, 5.41) is 8.07. The molecular weight excluding hydrogens is 295 g/mol.